The van der Waals surface area contributed by atoms with E-state index in [0.29, 0.717) is 0 Å². The van der Waals surface area contributed by atoms with Gasteiger partial charge in [-0.05, 0) is 13.3 Å². The second kappa shape index (κ2) is 2.15. The molecule has 4 atom stereocenters. The molecule has 3 aliphatic heterocycles. The van der Waals surface area contributed by atoms with Crippen LogP contribution in [-0.2, 0) is 14.3 Å². The van der Waals surface area contributed by atoms with E-state index < -0.39 is 0 Å². The molecule has 0 aromatic carbocycles. The van der Waals surface area contributed by atoms with Gasteiger partial charge in [0.1, 0.15) is 11.5 Å². The molecule has 0 N–H and O–H groups in total. The van der Waals surface area contributed by atoms with Crippen LogP contribution in [0.2, 0.25) is 0 Å². The molecule has 0 amide bonds. The van der Waals surface area contributed by atoms with Crippen molar-refractivity contribution in [2.24, 2.45) is 5.41 Å². The van der Waals surface area contributed by atoms with Crippen LogP contribution in [0.5, 0.6) is 0 Å². The molecule has 1 spiro atoms. The fourth-order valence-corrected chi connectivity index (χ4v) is 2.75. The van der Waals surface area contributed by atoms with E-state index in [-0.39, 0.29) is 29.7 Å². The van der Waals surface area contributed by atoms with Crippen molar-refractivity contribution >= 4 is 5.97 Å². The van der Waals surface area contributed by atoms with E-state index in [9.17, 15) is 4.79 Å². The van der Waals surface area contributed by atoms with Crippen LogP contribution in [0.15, 0.2) is 12.2 Å². The first-order chi connectivity index (χ1) is 6.21. The lowest BCUT2D eigenvalue weighted by Gasteiger charge is -2.22. The smallest absolute Gasteiger partial charge is 0.315 e. The minimum Gasteiger partial charge on any atom is -0.462 e. The van der Waals surface area contributed by atoms with Gasteiger partial charge in [-0.15, -0.1) is 0 Å². The number of cyclic esters (lactones) is 1. The summed E-state index contributed by atoms with van der Waals surface area (Å²) in [7, 11) is 0. The summed E-state index contributed by atoms with van der Waals surface area (Å²) >= 11 is 0. The zero-order chi connectivity index (χ0) is 9.05. The van der Waals surface area contributed by atoms with Crippen LogP contribution in [0.25, 0.3) is 0 Å². The van der Waals surface area contributed by atoms with Crippen LogP contribution in [-0.4, -0.2) is 24.3 Å². The Hall–Kier alpha value is -0.830. The quantitative estimate of drug-likeness (QED) is 0.412. The highest BCUT2D eigenvalue weighted by molar-refractivity contribution is 5.81. The molecule has 2 saturated heterocycles. The average molecular weight is 180 g/mol. The predicted molar refractivity (Wildman–Crippen MR) is 45.0 cm³/mol. The highest BCUT2D eigenvalue weighted by Gasteiger charge is 2.59. The Bertz CT molecular complexity index is 297. The number of esters is 1. The number of rotatable bonds is 0. The molecule has 0 aromatic rings. The minimum atomic E-state index is -0.334. The molecule has 0 aliphatic carbocycles. The van der Waals surface area contributed by atoms with Crippen molar-refractivity contribution in [2.75, 3.05) is 0 Å². The molecule has 0 aromatic heterocycles. The first kappa shape index (κ1) is 7.56. The Kier molecular flexibility index (Phi) is 1.25. The lowest BCUT2D eigenvalue weighted by Crippen LogP contribution is -2.34. The zero-order valence-electron chi connectivity index (χ0n) is 7.53. The molecule has 13 heavy (non-hydrogen) atoms. The van der Waals surface area contributed by atoms with E-state index >= 15 is 0 Å². The highest BCUT2D eigenvalue weighted by atomic mass is 16.6. The summed E-state index contributed by atoms with van der Waals surface area (Å²) in [6, 6.07) is 0. The van der Waals surface area contributed by atoms with Crippen LogP contribution >= 0.6 is 0 Å². The molecule has 3 rings (SSSR count). The number of hydrogen-bond acceptors (Lipinski definition) is 3. The summed E-state index contributed by atoms with van der Waals surface area (Å²) in [5, 5.41) is 0. The lowest BCUT2D eigenvalue weighted by molar-refractivity contribution is -0.149. The molecular formula is C10H12O3. The number of hydrogen-bond donors (Lipinski definition) is 0. The molecular weight excluding hydrogens is 168 g/mol. The van der Waals surface area contributed by atoms with E-state index in [1.165, 1.54) is 0 Å². The van der Waals surface area contributed by atoms with Crippen molar-refractivity contribution in [1.82, 2.24) is 0 Å². The maximum Gasteiger partial charge on any atom is 0.315 e. The van der Waals surface area contributed by atoms with Gasteiger partial charge in [0.25, 0.3) is 0 Å². The summed E-state index contributed by atoms with van der Waals surface area (Å²) in [6.45, 7) is 1.95. The fraction of sp³-hybridized carbons (Fsp3) is 0.700. The molecule has 70 valence electrons. The number of carbonyl (C=O) groups excluding carboxylic acids is 1. The monoisotopic (exact) mass is 180 g/mol. The Morgan fingerprint density at radius 1 is 1.46 bits per heavy atom. The first-order valence-corrected chi connectivity index (χ1v) is 4.75. The molecule has 3 heterocycles. The van der Waals surface area contributed by atoms with Crippen molar-refractivity contribution in [1.29, 1.82) is 0 Å². The third-order valence-electron chi connectivity index (χ3n) is 3.30. The standard InChI is InChI=1S/C10H12O3/c1-6-4-10(9(11)12-6)5-7-2-3-8(10)13-7/h2-3,6-8H,4-5H2,1H3. The van der Waals surface area contributed by atoms with E-state index in [1.54, 1.807) is 0 Å². The Balaban J connectivity index is 1.98. The van der Waals surface area contributed by atoms with Crippen molar-refractivity contribution < 1.29 is 14.3 Å². The molecule has 0 saturated carbocycles. The summed E-state index contributed by atoms with van der Waals surface area (Å²) in [6.07, 6.45) is 5.88. The Morgan fingerprint density at radius 3 is 2.77 bits per heavy atom. The summed E-state index contributed by atoms with van der Waals surface area (Å²) in [4.78, 5) is 11.7. The van der Waals surface area contributed by atoms with E-state index in [0.717, 1.165) is 12.8 Å². The minimum absolute atomic E-state index is 0.0186. The van der Waals surface area contributed by atoms with Gasteiger partial charge >= 0.3 is 5.97 Å². The first-order valence-electron chi connectivity index (χ1n) is 4.75. The van der Waals surface area contributed by atoms with Crippen molar-refractivity contribution in [2.45, 2.75) is 38.1 Å². The maximum absolute atomic E-state index is 11.7. The Labute approximate surface area is 76.7 Å². The number of ether oxygens (including phenoxy) is 2. The zero-order valence-corrected chi connectivity index (χ0v) is 7.53. The van der Waals surface area contributed by atoms with E-state index in [1.807, 2.05) is 19.1 Å². The molecule has 2 fully saturated rings. The molecule has 2 bridgehead atoms. The highest BCUT2D eigenvalue weighted by Crippen LogP contribution is 2.51. The molecule has 0 radical (unpaired) electrons. The normalized spacial score (nSPS) is 52.1. The number of fused-ring (bicyclic) bond motifs is 3. The van der Waals surface area contributed by atoms with Gasteiger partial charge in [0, 0.05) is 6.42 Å². The second-order valence-corrected chi connectivity index (χ2v) is 4.26. The predicted octanol–water partition coefficient (Wildman–Crippen LogP) is 1.04. The summed E-state index contributed by atoms with van der Waals surface area (Å²) in [5.74, 6) is -0.0585. The van der Waals surface area contributed by atoms with Crippen LogP contribution in [0.1, 0.15) is 19.8 Å². The average Bonchev–Trinajstić information content (AvgIpc) is 2.68. The van der Waals surface area contributed by atoms with Gasteiger partial charge in [-0.2, -0.15) is 0 Å². The summed E-state index contributed by atoms with van der Waals surface area (Å²) < 4.78 is 10.8. The topological polar surface area (TPSA) is 35.5 Å². The van der Waals surface area contributed by atoms with Crippen LogP contribution < -0.4 is 0 Å². The third kappa shape index (κ3) is 0.804. The van der Waals surface area contributed by atoms with Crippen LogP contribution in [0, 0.1) is 5.41 Å². The molecule has 3 heteroatoms. The van der Waals surface area contributed by atoms with Gasteiger partial charge in [0.15, 0.2) is 0 Å². The third-order valence-corrected chi connectivity index (χ3v) is 3.30. The Morgan fingerprint density at radius 2 is 2.31 bits per heavy atom. The second-order valence-electron chi connectivity index (χ2n) is 4.26. The molecule has 3 aliphatic rings. The van der Waals surface area contributed by atoms with Gasteiger partial charge < -0.3 is 9.47 Å². The fourth-order valence-electron chi connectivity index (χ4n) is 2.75. The lowest BCUT2D eigenvalue weighted by atomic mass is 9.75. The van der Waals surface area contributed by atoms with Crippen LogP contribution in [0.4, 0.5) is 0 Å². The van der Waals surface area contributed by atoms with E-state index in [2.05, 4.69) is 0 Å². The van der Waals surface area contributed by atoms with Gasteiger partial charge in [-0.3, -0.25) is 4.79 Å². The molecule has 3 nitrogen and oxygen atoms in total. The van der Waals surface area contributed by atoms with Gasteiger partial charge in [0.2, 0.25) is 0 Å². The van der Waals surface area contributed by atoms with Gasteiger partial charge in [-0.25, -0.2) is 0 Å². The SMILES string of the molecule is CC1CC2(CC3C=CC2O3)C(=O)O1. The maximum atomic E-state index is 11.7. The van der Waals surface area contributed by atoms with E-state index in [4.69, 9.17) is 9.47 Å². The molecule has 4 unspecified atom stereocenters. The number of carbonyl (C=O) groups is 1. The largest absolute Gasteiger partial charge is 0.462 e. The van der Waals surface area contributed by atoms with Gasteiger partial charge in [0.05, 0.1) is 12.2 Å². The van der Waals surface area contributed by atoms with Gasteiger partial charge in [-0.1, -0.05) is 12.2 Å². The van der Waals surface area contributed by atoms with Crippen molar-refractivity contribution in [3.8, 4) is 0 Å². The van der Waals surface area contributed by atoms with Crippen LogP contribution in [0.3, 0.4) is 0 Å². The van der Waals surface area contributed by atoms with Crippen molar-refractivity contribution in [3.63, 3.8) is 0 Å². The summed E-state index contributed by atoms with van der Waals surface area (Å²) in [5.41, 5.74) is -0.334. The van der Waals surface area contributed by atoms with Crippen molar-refractivity contribution in [3.05, 3.63) is 12.2 Å².